The van der Waals surface area contributed by atoms with E-state index in [0.717, 1.165) is 52.3 Å². The fraction of sp³-hybridized carbons (Fsp3) is 0.393. The Balaban J connectivity index is 1.52. The van der Waals surface area contributed by atoms with Gasteiger partial charge in [-0.25, -0.2) is 9.07 Å². The maximum Gasteiger partial charge on any atom is 0.244 e. The highest BCUT2D eigenvalue weighted by atomic mass is 19.1. The molecule has 1 unspecified atom stereocenters. The lowest BCUT2D eigenvalue weighted by Gasteiger charge is -2.25. The molecule has 1 aliphatic rings. The molecule has 4 rings (SSSR count). The number of nitrogens with zero attached hydrogens (tertiary/aromatic N) is 3. The second-order valence-corrected chi connectivity index (χ2v) is 9.42. The number of halogens is 1. The summed E-state index contributed by atoms with van der Waals surface area (Å²) in [5.41, 5.74) is 5.89. The summed E-state index contributed by atoms with van der Waals surface area (Å²) >= 11 is 0. The van der Waals surface area contributed by atoms with Crippen molar-refractivity contribution in [2.75, 3.05) is 25.0 Å². The lowest BCUT2D eigenvalue weighted by atomic mass is 10.1. The normalized spacial score (nSPS) is 15.2. The van der Waals surface area contributed by atoms with Gasteiger partial charge in [0.1, 0.15) is 5.82 Å². The van der Waals surface area contributed by atoms with Gasteiger partial charge in [0.05, 0.1) is 30.5 Å². The summed E-state index contributed by atoms with van der Waals surface area (Å²) in [4.78, 5) is 28.1. The van der Waals surface area contributed by atoms with Crippen LogP contribution in [-0.2, 0) is 20.7 Å². The molecule has 1 atom stereocenters. The molecule has 3 aromatic rings. The van der Waals surface area contributed by atoms with Crippen molar-refractivity contribution in [2.45, 2.75) is 53.1 Å². The van der Waals surface area contributed by atoms with Gasteiger partial charge in [0, 0.05) is 30.1 Å². The van der Waals surface area contributed by atoms with E-state index in [9.17, 15) is 14.0 Å². The zero-order valence-electron chi connectivity index (χ0n) is 21.3. The monoisotopic (exact) mass is 492 g/mol. The number of hydrogen-bond acceptors (Lipinski definition) is 4. The molecule has 1 aromatic heterocycles. The first kappa shape index (κ1) is 25.6. The average molecular weight is 493 g/mol. The number of rotatable bonds is 8. The third-order valence-corrected chi connectivity index (χ3v) is 6.85. The van der Waals surface area contributed by atoms with Gasteiger partial charge in [-0.3, -0.25) is 9.59 Å². The van der Waals surface area contributed by atoms with Gasteiger partial charge in [-0.05, 0) is 82.0 Å². The summed E-state index contributed by atoms with van der Waals surface area (Å²) in [7, 11) is 0. The van der Waals surface area contributed by atoms with Gasteiger partial charge in [0.25, 0.3) is 0 Å². The molecule has 2 amide bonds. The van der Waals surface area contributed by atoms with Crippen molar-refractivity contribution in [3.8, 4) is 5.69 Å². The van der Waals surface area contributed by atoms with Crippen LogP contribution in [0.3, 0.4) is 0 Å². The van der Waals surface area contributed by atoms with E-state index in [1.807, 2.05) is 45.9 Å². The predicted octanol–water partition coefficient (Wildman–Crippen LogP) is 4.43. The first-order valence-corrected chi connectivity index (χ1v) is 12.3. The fourth-order valence-corrected chi connectivity index (χ4v) is 4.57. The molecule has 8 heteroatoms. The average Bonchev–Trinajstić information content (AvgIpc) is 3.45. The highest BCUT2D eigenvalue weighted by molar-refractivity contribution is 5.95. The Morgan fingerprint density at radius 2 is 1.89 bits per heavy atom. The molecule has 2 aromatic carbocycles. The first-order valence-electron chi connectivity index (χ1n) is 12.3. The van der Waals surface area contributed by atoms with Crippen molar-refractivity contribution in [2.24, 2.45) is 0 Å². The number of aryl methyl sites for hydroxylation is 2. The van der Waals surface area contributed by atoms with Crippen LogP contribution in [0.4, 0.5) is 10.1 Å². The van der Waals surface area contributed by atoms with Gasteiger partial charge in [0.15, 0.2) is 0 Å². The molecule has 1 saturated heterocycles. The minimum Gasteiger partial charge on any atom is -0.376 e. The highest BCUT2D eigenvalue weighted by Gasteiger charge is 2.26. The van der Waals surface area contributed by atoms with Crippen molar-refractivity contribution in [1.82, 2.24) is 14.7 Å². The molecule has 0 spiro atoms. The number of aromatic nitrogens is 2. The summed E-state index contributed by atoms with van der Waals surface area (Å²) in [5.74, 6) is -0.725. The number of ether oxygens (including phenoxy) is 1. The number of nitrogens with one attached hydrogen (secondary N) is 1. The van der Waals surface area contributed by atoms with E-state index < -0.39 is 0 Å². The van der Waals surface area contributed by atoms with Crippen LogP contribution in [0.25, 0.3) is 5.69 Å². The molecule has 0 aliphatic carbocycles. The number of hydrogen-bond donors (Lipinski definition) is 1. The number of amides is 2. The summed E-state index contributed by atoms with van der Waals surface area (Å²) in [6, 6.07) is 11.8. The molecule has 0 saturated carbocycles. The SMILES string of the molecule is Cc1cccc(NC(=O)CN(CC2CCCO2)C(=O)Cc2c(C)nn(-c3ccc(F)cc3)c2C)c1C. The molecular weight excluding hydrogens is 459 g/mol. The fourth-order valence-electron chi connectivity index (χ4n) is 4.57. The quantitative estimate of drug-likeness (QED) is 0.505. The molecule has 0 radical (unpaired) electrons. The van der Waals surface area contributed by atoms with Crippen molar-refractivity contribution in [3.63, 3.8) is 0 Å². The van der Waals surface area contributed by atoms with Crippen LogP contribution in [0.1, 0.15) is 40.9 Å². The standard InChI is InChI=1S/C28H33FN4O3/c1-18-7-5-9-26(19(18)2)30-27(34)17-32(16-24-8-6-14-36-24)28(35)15-25-20(3)31-33(21(25)4)23-12-10-22(29)11-13-23/h5,7,9-13,24H,6,8,14-17H2,1-4H3,(H,30,34). The third-order valence-electron chi connectivity index (χ3n) is 6.85. The lowest BCUT2D eigenvalue weighted by molar-refractivity contribution is -0.135. The maximum absolute atomic E-state index is 13.5. The predicted molar refractivity (Wildman–Crippen MR) is 137 cm³/mol. The number of carbonyl (C=O) groups excluding carboxylic acids is 2. The minimum atomic E-state index is -0.320. The Morgan fingerprint density at radius 1 is 1.14 bits per heavy atom. The maximum atomic E-state index is 13.5. The second kappa shape index (κ2) is 11.0. The zero-order valence-corrected chi connectivity index (χ0v) is 21.3. The Morgan fingerprint density at radius 3 is 2.58 bits per heavy atom. The Bertz CT molecular complexity index is 1250. The van der Waals surface area contributed by atoms with Gasteiger partial charge in [-0.1, -0.05) is 12.1 Å². The van der Waals surface area contributed by atoms with Gasteiger partial charge >= 0.3 is 0 Å². The molecule has 36 heavy (non-hydrogen) atoms. The van der Waals surface area contributed by atoms with Crippen LogP contribution < -0.4 is 5.32 Å². The summed E-state index contributed by atoms with van der Waals surface area (Å²) in [6.45, 7) is 8.68. The molecule has 1 fully saturated rings. The summed E-state index contributed by atoms with van der Waals surface area (Å²) < 4.78 is 20.9. The van der Waals surface area contributed by atoms with Gasteiger partial charge in [0.2, 0.25) is 11.8 Å². The van der Waals surface area contributed by atoms with Crippen LogP contribution in [0.15, 0.2) is 42.5 Å². The van der Waals surface area contributed by atoms with Crippen LogP contribution in [0.2, 0.25) is 0 Å². The van der Waals surface area contributed by atoms with Crippen molar-refractivity contribution in [1.29, 1.82) is 0 Å². The number of carbonyl (C=O) groups is 2. The van der Waals surface area contributed by atoms with Crippen molar-refractivity contribution in [3.05, 3.63) is 76.4 Å². The Kier molecular flexibility index (Phi) is 7.84. The van der Waals surface area contributed by atoms with E-state index in [4.69, 9.17) is 4.74 Å². The zero-order chi connectivity index (χ0) is 25.8. The van der Waals surface area contributed by atoms with Crippen molar-refractivity contribution >= 4 is 17.5 Å². The minimum absolute atomic E-state index is 0.0593. The van der Waals surface area contributed by atoms with E-state index in [2.05, 4.69) is 10.4 Å². The van der Waals surface area contributed by atoms with E-state index in [1.54, 1.807) is 21.7 Å². The Labute approximate surface area is 211 Å². The summed E-state index contributed by atoms with van der Waals surface area (Å²) in [6.07, 6.45) is 1.85. The van der Waals surface area contributed by atoms with Gasteiger partial charge < -0.3 is 15.0 Å². The first-order chi connectivity index (χ1) is 17.2. The van der Waals surface area contributed by atoms with E-state index in [-0.39, 0.29) is 36.7 Å². The summed E-state index contributed by atoms with van der Waals surface area (Å²) in [5, 5.41) is 7.54. The number of benzene rings is 2. The molecule has 1 N–H and O–H groups in total. The molecule has 1 aliphatic heterocycles. The molecular formula is C28H33FN4O3. The van der Waals surface area contributed by atoms with E-state index >= 15 is 0 Å². The smallest absolute Gasteiger partial charge is 0.244 e. The third kappa shape index (κ3) is 5.82. The van der Waals surface area contributed by atoms with E-state index in [0.29, 0.717) is 13.2 Å². The molecule has 190 valence electrons. The van der Waals surface area contributed by atoms with Crippen LogP contribution >= 0.6 is 0 Å². The molecule has 7 nitrogen and oxygen atoms in total. The van der Waals surface area contributed by atoms with E-state index in [1.165, 1.54) is 12.1 Å². The number of anilines is 1. The lowest BCUT2D eigenvalue weighted by Crippen LogP contribution is -2.43. The second-order valence-electron chi connectivity index (χ2n) is 9.42. The molecule has 2 heterocycles. The van der Waals surface area contributed by atoms with Crippen molar-refractivity contribution < 1.29 is 18.7 Å². The van der Waals surface area contributed by atoms with Gasteiger partial charge in [-0.2, -0.15) is 5.10 Å². The highest BCUT2D eigenvalue weighted by Crippen LogP contribution is 2.21. The van der Waals surface area contributed by atoms with Crippen LogP contribution in [0.5, 0.6) is 0 Å². The van der Waals surface area contributed by atoms with Crippen LogP contribution in [-0.4, -0.2) is 52.3 Å². The topological polar surface area (TPSA) is 76.5 Å². The van der Waals surface area contributed by atoms with Gasteiger partial charge in [-0.15, -0.1) is 0 Å². The Hall–Kier alpha value is -3.52. The largest absolute Gasteiger partial charge is 0.376 e. The van der Waals surface area contributed by atoms with Crippen LogP contribution in [0, 0.1) is 33.5 Å². The molecule has 0 bridgehead atoms.